The lowest BCUT2D eigenvalue weighted by atomic mass is 10.1. The summed E-state index contributed by atoms with van der Waals surface area (Å²) in [7, 11) is 2.02. The average molecular weight is 309 g/mol. The molecule has 0 aliphatic heterocycles. The summed E-state index contributed by atoms with van der Waals surface area (Å²) in [6, 6.07) is 10.3. The minimum atomic E-state index is 0.0251. The van der Waals surface area contributed by atoms with E-state index in [9.17, 15) is 0 Å². The van der Waals surface area contributed by atoms with Crippen LogP contribution in [0.25, 0.3) is 0 Å². The molecule has 0 spiro atoms. The molecule has 0 bridgehead atoms. The summed E-state index contributed by atoms with van der Waals surface area (Å²) in [4.78, 5) is 2.13. The van der Waals surface area contributed by atoms with Gasteiger partial charge in [-0.15, -0.1) is 0 Å². The number of benzene rings is 1. The molecule has 0 saturated heterocycles. The first-order valence-electron chi connectivity index (χ1n) is 5.86. The molecule has 2 N–H and O–H groups in total. The molecule has 0 aliphatic rings. The van der Waals surface area contributed by atoms with Gasteiger partial charge in [-0.1, -0.05) is 17.7 Å². The van der Waals surface area contributed by atoms with Gasteiger partial charge in [-0.05, 0) is 41.1 Å². The first kappa shape index (κ1) is 13.2. The molecule has 0 fully saturated rings. The minimum absolute atomic E-state index is 0.0251. The maximum atomic E-state index is 5.88. The zero-order valence-corrected chi connectivity index (χ0v) is 12.1. The van der Waals surface area contributed by atoms with Crippen LogP contribution in [0.2, 0.25) is 0 Å². The van der Waals surface area contributed by atoms with Crippen LogP contribution < -0.4 is 10.6 Å². The number of hydrogen-bond acceptors (Lipinski definition) is 3. The van der Waals surface area contributed by atoms with Crippen LogP contribution in [0.1, 0.15) is 17.4 Å². The number of rotatable bonds is 4. The van der Waals surface area contributed by atoms with Gasteiger partial charge in [0.2, 0.25) is 0 Å². The summed E-state index contributed by atoms with van der Waals surface area (Å²) in [6.45, 7) is 2.57. The second-order valence-corrected chi connectivity index (χ2v) is 5.19. The molecule has 4 heteroatoms. The second-order valence-electron chi connectivity index (χ2n) is 4.33. The third-order valence-corrected chi connectivity index (χ3v) is 3.73. The molecule has 2 rings (SSSR count). The highest BCUT2D eigenvalue weighted by Gasteiger charge is 2.21. The van der Waals surface area contributed by atoms with Crippen molar-refractivity contribution in [3.05, 3.63) is 52.4 Å². The van der Waals surface area contributed by atoms with Crippen LogP contribution in [0.5, 0.6) is 0 Å². The van der Waals surface area contributed by atoms with Crippen molar-refractivity contribution in [3.8, 4) is 0 Å². The van der Waals surface area contributed by atoms with Gasteiger partial charge in [0.05, 0.1) is 10.7 Å². The Labute approximate surface area is 116 Å². The molecule has 0 saturated carbocycles. The van der Waals surface area contributed by atoms with E-state index in [1.165, 1.54) is 5.56 Å². The van der Waals surface area contributed by atoms with E-state index in [4.69, 9.17) is 10.2 Å². The van der Waals surface area contributed by atoms with Gasteiger partial charge in [-0.2, -0.15) is 0 Å². The van der Waals surface area contributed by atoms with Gasteiger partial charge < -0.3 is 15.1 Å². The van der Waals surface area contributed by atoms with E-state index < -0.39 is 0 Å². The van der Waals surface area contributed by atoms with E-state index in [1.807, 2.05) is 13.1 Å². The lowest BCUT2D eigenvalue weighted by Crippen LogP contribution is -2.30. The van der Waals surface area contributed by atoms with E-state index in [1.54, 1.807) is 6.26 Å². The van der Waals surface area contributed by atoms with Crippen LogP contribution in [0.15, 0.2) is 45.5 Å². The van der Waals surface area contributed by atoms with E-state index >= 15 is 0 Å². The summed E-state index contributed by atoms with van der Waals surface area (Å²) in [5, 5.41) is 0. The molecule has 18 heavy (non-hydrogen) atoms. The Balaban J connectivity index is 2.28. The Morgan fingerprint density at radius 3 is 2.44 bits per heavy atom. The highest BCUT2D eigenvalue weighted by Crippen LogP contribution is 2.30. The van der Waals surface area contributed by atoms with Gasteiger partial charge in [0, 0.05) is 19.3 Å². The summed E-state index contributed by atoms with van der Waals surface area (Å²) in [5.74, 6) is 0.862. The molecule has 2 aromatic rings. The summed E-state index contributed by atoms with van der Waals surface area (Å²) < 4.78 is 6.47. The maximum absolute atomic E-state index is 5.88. The first-order valence-corrected chi connectivity index (χ1v) is 6.65. The third-order valence-electron chi connectivity index (χ3n) is 3.08. The smallest absolute Gasteiger partial charge is 0.141 e. The standard InChI is InChI=1S/C14H17BrN2O/c1-10-3-5-11(6-4-10)17(2)13(9-16)14-12(15)7-8-18-14/h3-8,13H,9,16H2,1-2H3. The van der Waals surface area contributed by atoms with Gasteiger partial charge in [0.1, 0.15) is 11.8 Å². The van der Waals surface area contributed by atoms with Gasteiger partial charge in [0.15, 0.2) is 0 Å². The molecule has 0 aliphatic carbocycles. The second kappa shape index (κ2) is 5.59. The maximum Gasteiger partial charge on any atom is 0.141 e. The van der Waals surface area contributed by atoms with Crippen molar-refractivity contribution < 1.29 is 4.42 Å². The fraction of sp³-hybridized carbons (Fsp3) is 0.286. The van der Waals surface area contributed by atoms with Gasteiger partial charge in [-0.3, -0.25) is 0 Å². The van der Waals surface area contributed by atoms with E-state index in [-0.39, 0.29) is 6.04 Å². The van der Waals surface area contributed by atoms with Crippen molar-refractivity contribution in [2.75, 3.05) is 18.5 Å². The Morgan fingerprint density at radius 2 is 1.94 bits per heavy atom. The third kappa shape index (κ3) is 2.60. The van der Waals surface area contributed by atoms with Gasteiger partial charge in [0.25, 0.3) is 0 Å². The predicted molar refractivity (Wildman–Crippen MR) is 77.8 cm³/mol. The number of halogens is 1. The van der Waals surface area contributed by atoms with Crippen LogP contribution in [0.4, 0.5) is 5.69 Å². The summed E-state index contributed by atoms with van der Waals surface area (Å²) in [5.41, 5.74) is 8.25. The zero-order valence-electron chi connectivity index (χ0n) is 10.6. The van der Waals surface area contributed by atoms with Crippen molar-refractivity contribution in [1.29, 1.82) is 0 Å². The zero-order chi connectivity index (χ0) is 13.1. The van der Waals surface area contributed by atoms with Crippen molar-refractivity contribution in [1.82, 2.24) is 0 Å². The average Bonchev–Trinajstić information content (AvgIpc) is 2.78. The van der Waals surface area contributed by atoms with Crippen LogP contribution in [-0.2, 0) is 0 Å². The number of likely N-dealkylation sites (N-methyl/N-ethyl adjacent to an activating group) is 1. The fourth-order valence-corrected chi connectivity index (χ4v) is 2.41. The first-order chi connectivity index (χ1) is 8.63. The summed E-state index contributed by atoms with van der Waals surface area (Å²) >= 11 is 3.48. The number of hydrogen-bond donors (Lipinski definition) is 1. The van der Waals surface area contributed by atoms with Crippen molar-refractivity contribution in [3.63, 3.8) is 0 Å². The van der Waals surface area contributed by atoms with Crippen molar-refractivity contribution >= 4 is 21.6 Å². The number of aryl methyl sites for hydroxylation is 1. The molecule has 1 heterocycles. The lowest BCUT2D eigenvalue weighted by molar-refractivity contribution is 0.458. The van der Waals surface area contributed by atoms with Gasteiger partial charge in [-0.25, -0.2) is 0 Å². The molecule has 1 unspecified atom stereocenters. The molecule has 1 aromatic heterocycles. The Bertz CT molecular complexity index is 507. The SMILES string of the molecule is Cc1ccc(N(C)C(CN)c2occc2Br)cc1. The Kier molecular flexibility index (Phi) is 4.09. The van der Waals surface area contributed by atoms with Crippen LogP contribution in [0, 0.1) is 6.92 Å². The van der Waals surface area contributed by atoms with E-state index in [0.29, 0.717) is 6.54 Å². The molecular weight excluding hydrogens is 292 g/mol. The van der Waals surface area contributed by atoms with Crippen molar-refractivity contribution in [2.45, 2.75) is 13.0 Å². The topological polar surface area (TPSA) is 42.4 Å². The number of anilines is 1. The Morgan fingerprint density at radius 1 is 1.28 bits per heavy atom. The number of furan rings is 1. The highest BCUT2D eigenvalue weighted by molar-refractivity contribution is 9.10. The van der Waals surface area contributed by atoms with E-state index in [2.05, 4.69) is 52.0 Å². The largest absolute Gasteiger partial charge is 0.466 e. The Hall–Kier alpha value is -1.26. The number of nitrogens with zero attached hydrogens (tertiary/aromatic N) is 1. The van der Waals surface area contributed by atoms with Gasteiger partial charge >= 0.3 is 0 Å². The quantitative estimate of drug-likeness (QED) is 0.940. The molecular formula is C14H17BrN2O. The minimum Gasteiger partial charge on any atom is -0.466 e. The summed E-state index contributed by atoms with van der Waals surface area (Å²) in [6.07, 6.45) is 1.67. The predicted octanol–water partition coefficient (Wildman–Crippen LogP) is 3.49. The number of nitrogens with two attached hydrogens (primary N) is 1. The molecule has 96 valence electrons. The normalized spacial score (nSPS) is 12.4. The highest BCUT2D eigenvalue weighted by atomic mass is 79.9. The fourth-order valence-electron chi connectivity index (χ4n) is 1.94. The van der Waals surface area contributed by atoms with Crippen molar-refractivity contribution in [2.24, 2.45) is 5.73 Å². The molecule has 3 nitrogen and oxygen atoms in total. The lowest BCUT2D eigenvalue weighted by Gasteiger charge is -2.28. The van der Waals surface area contributed by atoms with E-state index in [0.717, 1.165) is 15.9 Å². The van der Waals surface area contributed by atoms with Crippen LogP contribution in [-0.4, -0.2) is 13.6 Å². The van der Waals surface area contributed by atoms with Crippen LogP contribution >= 0.6 is 15.9 Å². The monoisotopic (exact) mass is 308 g/mol. The van der Waals surface area contributed by atoms with Crippen LogP contribution in [0.3, 0.4) is 0 Å². The molecule has 0 radical (unpaired) electrons. The molecule has 1 atom stereocenters. The molecule has 0 amide bonds. The molecule has 1 aromatic carbocycles.